The van der Waals surface area contributed by atoms with Crippen molar-refractivity contribution < 1.29 is 19.4 Å². The van der Waals surface area contributed by atoms with Crippen LogP contribution < -0.4 is 0 Å². The Hall–Kier alpha value is -2.43. The second-order valence-electron chi connectivity index (χ2n) is 13.7. The van der Waals surface area contributed by atoms with Crippen LogP contribution in [0.25, 0.3) is 0 Å². The molecule has 1 N–H and O–H groups in total. The molecule has 4 heteroatoms. The van der Waals surface area contributed by atoms with E-state index in [4.69, 9.17) is 9.47 Å². The van der Waals surface area contributed by atoms with Crippen molar-refractivity contribution >= 4 is 5.97 Å². The molecule has 0 heterocycles. The van der Waals surface area contributed by atoms with E-state index in [2.05, 4.69) is 98.9 Å². The Morgan fingerprint density at radius 1 is 0.490 bits per heavy atom. The standard InChI is InChI=1S/C47H80O4/c1-3-5-7-9-11-13-15-17-19-21-22-23-24-25-26-27-28-30-32-34-36-38-40-42-47(49)51-46(44-48)45-50-43-41-39-37-35-33-31-29-20-18-16-14-12-10-8-6-4-2/h6,8,12,14-15,17-18,20-22,24-25,31,33,46,48H,3-5,7,9-11,13,16,19,23,26-30,32,34-45H2,1-2H3/b8-6-,14-12-,17-15-,20-18-,22-21-,25-24-,33-31-. The molecule has 0 spiro atoms. The van der Waals surface area contributed by atoms with Gasteiger partial charge >= 0.3 is 5.97 Å². The maximum Gasteiger partial charge on any atom is 0.306 e. The van der Waals surface area contributed by atoms with E-state index >= 15 is 0 Å². The van der Waals surface area contributed by atoms with Crippen LogP contribution in [0.1, 0.15) is 181 Å². The zero-order valence-electron chi connectivity index (χ0n) is 33.3. The van der Waals surface area contributed by atoms with Crippen molar-refractivity contribution in [1.29, 1.82) is 0 Å². The van der Waals surface area contributed by atoms with Crippen LogP contribution in [-0.4, -0.2) is 37.0 Å². The van der Waals surface area contributed by atoms with Gasteiger partial charge in [-0.2, -0.15) is 0 Å². The SMILES string of the molecule is CC/C=C\C/C=C\C/C=C\C/C=C\CCCCCOCC(CO)OC(=O)CCCCCCCCCC/C=C\C/C=C\C/C=C\CCCCCCC. The lowest BCUT2D eigenvalue weighted by Gasteiger charge is -2.15. The fourth-order valence-electron chi connectivity index (χ4n) is 5.56. The van der Waals surface area contributed by atoms with Gasteiger partial charge in [0.15, 0.2) is 0 Å². The molecule has 1 atom stereocenters. The van der Waals surface area contributed by atoms with Crippen molar-refractivity contribution in [1.82, 2.24) is 0 Å². The largest absolute Gasteiger partial charge is 0.457 e. The third-order valence-electron chi connectivity index (χ3n) is 8.70. The summed E-state index contributed by atoms with van der Waals surface area (Å²) >= 11 is 0. The Morgan fingerprint density at radius 2 is 0.882 bits per heavy atom. The number of hydrogen-bond donors (Lipinski definition) is 1. The molecule has 0 aliphatic carbocycles. The van der Waals surface area contributed by atoms with Gasteiger partial charge in [0.1, 0.15) is 6.10 Å². The summed E-state index contributed by atoms with van der Waals surface area (Å²) in [4.78, 5) is 12.2. The molecule has 0 aliphatic heterocycles. The molecule has 0 rings (SSSR count). The summed E-state index contributed by atoms with van der Waals surface area (Å²) in [7, 11) is 0. The van der Waals surface area contributed by atoms with E-state index in [0.29, 0.717) is 13.0 Å². The fraction of sp³-hybridized carbons (Fsp3) is 0.681. The van der Waals surface area contributed by atoms with Crippen LogP contribution in [0.15, 0.2) is 85.1 Å². The summed E-state index contributed by atoms with van der Waals surface area (Å²) in [5.74, 6) is -0.223. The van der Waals surface area contributed by atoms with Gasteiger partial charge in [0, 0.05) is 13.0 Å². The van der Waals surface area contributed by atoms with Crippen molar-refractivity contribution in [3.63, 3.8) is 0 Å². The molecule has 0 aromatic heterocycles. The highest BCUT2D eigenvalue weighted by molar-refractivity contribution is 5.69. The average Bonchev–Trinajstić information content (AvgIpc) is 3.14. The predicted molar refractivity (Wildman–Crippen MR) is 223 cm³/mol. The molecule has 0 fully saturated rings. The molecule has 0 bridgehead atoms. The van der Waals surface area contributed by atoms with Gasteiger partial charge in [-0.1, -0.05) is 170 Å². The van der Waals surface area contributed by atoms with E-state index in [1.54, 1.807) is 0 Å². The van der Waals surface area contributed by atoms with Crippen molar-refractivity contribution in [3.8, 4) is 0 Å². The van der Waals surface area contributed by atoms with Gasteiger partial charge < -0.3 is 14.6 Å². The molecule has 51 heavy (non-hydrogen) atoms. The van der Waals surface area contributed by atoms with Gasteiger partial charge in [-0.05, 0) is 89.9 Å². The lowest BCUT2D eigenvalue weighted by molar-refractivity contribution is -0.154. The number of hydrogen-bond acceptors (Lipinski definition) is 4. The van der Waals surface area contributed by atoms with Crippen LogP contribution >= 0.6 is 0 Å². The normalized spacial score (nSPS) is 13.2. The summed E-state index contributed by atoms with van der Waals surface area (Å²) in [6.45, 7) is 5.13. The minimum Gasteiger partial charge on any atom is -0.457 e. The first kappa shape index (κ1) is 48.6. The second kappa shape index (κ2) is 43.7. The predicted octanol–water partition coefficient (Wildman–Crippen LogP) is 14.0. The first-order valence-electron chi connectivity index (χ1n) is 21.2. The average molecular weight is 709 g/mol. The minimum absolute atomic E-state index is 0.193. The molecule has 0 aromatic rings. The Kier molecular flexibility index (Phi) is 41.6. The molecular formula is C47H80O4. The molecule has 0 saturated carbocycles. The number of esters is 1. The molecular weight excluding hydrogens is 629 g/mol. The lowest BCUT2D eigenvalue weighted by Crippen LogP contribution is -2.27. The highest BCUT2D eigenvalue weighted by Gasteiger charge is 2.13. The van der Waals surface area contributed by atoms with E-state index in [-0.39, 0.29) is 19.2 Å². The number of ether oxygens (including phenoxy) is 2. The van der Waals surface area contributed by atoms with Crippen molar-refractivity contribution in [2.45, 2.75) is 187 Å². The maximum atomic E-state index is 12.2. The highest BCUT2D eigenvalue weighted by atomic mass is 16.6. The minimum atomic E-state index is -0.560. The molecule has 0 aliphatic rings. The third kappa shape index (κ3) is 41.9. The Bertz CT molecular complexity index is 923. The van der Waals surface area contributed by atoms with Crippen LogP contribution in [0.5, 0.6) is 0 Å². The molecule has 1 unspecified atom stereocenters. The number of aliphatic hydroxyl groups is 1. The molecule has 0 radical (unpaired) electrons. The fourth-order valence-corrected chi connectivity index (χ4v) is 5.56. The Balaban J connectivity index is 3.53. The van der Waals surface area contributed by atoms with Crippen LogP contribution in [-0.2, 0) is 14.3 Å². The van der Waals surface area contributed by atoms with Crippen LogP contribution in [0, 0.1) is 0 Å². The third-order valence-corrected chi connectivity index (χ3v) is 8.70. The first-order chi connectivity index (χ1) is 25.2. The summed E-state index contributed by atoms with van der Waals surface area (Å²) in [6, 6.07) is 0. The van der Waals surface area contributed by atoms with E-state index in [1.165, 1.54) is 83.5 Å². The number of aliphatic hydroxyl groups excluding tert-OH is 1. The van der Waals surface area contributed by atoms with Gasteiger partial charge in [0.05, 0.1) is 13.2 Å². The Morgan fingerprint density at radius 3 is 1.33 bits per heavy atom. The quantitative estimate of drug-likeness (QED) is 0.0394. The summed E-state index contributed by atoms with van der Waals surface area (Å²) in [6.07, 6.45) is 60.7. The summed E-state index contributed by atoms with van der Waals surface area (Å²) < 4.78 is 11.1. The van der Waals surface area contributed by atoms with E-state index in [9.17, 15) is 9.90 Å². The maximum absolute atomic E-state index is 12.2. The molecule has 0 saturated heterocycles. The van der Waals surface area contributed by atoms with Crippen LogP contribution in [0.3, 0.4) is 0 Å². The van der Waals surface area contributed by atoms with Gasteiger partial charge in [-0.25, -0.2) is 0 Å². The lowest BCUT2D eigenvalue weighted by atomic mass is 10.1. The number of allylic oxidation sites excluding steroid dienone is 14. The highest BCUT2D eigenvalue weighted by Crippen LogP contribution is 2.12. The van der Waals surface area contributed by atoms with Crippen molar-refractivity contribution in [3.05, 3.63) is 85.1 Å². The van der Waals surface area contributed by atoms with E-state index < -0.39 is 6.10 Å². The zero-order valence-corrected chi connectivity index (χ0v) is 33.3. The molecule has 0 amide bonds. The van der Waals surface area contributed by atoms with Crippen LogP contribution in [0.2, 0.25) is 0 Å². The van der Waals surface area contributed by atoms with Crippen LogP contribution in [0.4, 0.5) is 0 Å². The summed E-state index contributed by atoms with van der Waals surface area (Å²) in [5.41, 5.74) is 0. The van der Waals surface area contributed by atoms with Gasteiger partial charge in [-0.3, -0.25) is 4.79 Å². The number of carbonyl (C=O) groups is 1. The van der Waals surface area contributed by atoms with Gasteiger partial charge in [-0.15, -0.1) is 0 Å². The smallest absolute Gasteiger partial charge is 0.306 e. The molecule has 0 aromatic carbocycles. The number of unbranched alkanes of at least 4 members (excludes halogenated alkanes) is 16. The molecule has 292 valence electrons. The molecule has 4 nitrogen and oxygen atoms in total. The van der Waals surface area contributed by atoms with Gasteiger partial charge in [0.2, 0.25) is 0 Å². The first-order valence-corrected chi connectivity index (χ1v) is 21.2. The monoisotopic (exact) mass is 709 g/mol. The Labute approximate surface area is 316 Å². The topological polar surface area (TPSA) is 55.8 Å². The van der Waals surface area contributed by atoms with E-state index in [0.717, 1.165) is 77.0 Å². The number of carbonyl (C=O) groups excluding carboxylic acids is 1. The summed E-state index contributed by atoms with van der Waals surface area (Å²) in [5, 5.41) is 9.59. The number of rotatable bonds is 38. The zero-order chi connectivity index (χ0) is 37.0. The van der Waals surface area contributed by atoms with E-state index in [1.807, 2.05) is 0 Å². The van der Waals surface area contributed by atoms with Crippen molar-refractivity contribution in [2.24, 2.45) is 0 Å². The second-order valence-corrected chi connectivity index (χ2v) is 13.7. The van der Waals surface area contributed by atoms with Gasteiger partial charge in [0.25, 0.3) is 0 Å². The van der Waals surface area contributed by atoms with Crippen molar-refractivity contribution in [2.75, 3.05) is 19.8 Å².